The molecule has 1 amide bonds. The maximum absolute atomic E-state index is 12.7. The zero-order chi connectivity index (χ0) is 22.4. The predicted octanol–water partition coefficient (Wildman–Crippen LogP) is 2.56. The van der Waals surface area contributed by atoms with Crippen LogP contribution in [0.4, 0.5) is 11.4 Å². The van der Waals surface area contributed by atoms with Crippen LogP contribution >= 0.6 is 0 Å². The lowest BCUT2D eigenvalue weighted by atomic mass is 10.1. The van der Waals surface area contributed by atoms with Crippen LogP contribution in [-0.4, -0.2) is 49.8 Å². The number of hydrogen-bond acceptors (Lipinski definition) is 7. The number of nitrogens with zero attached hydrogens (tertiary/aromatic N) is 2. The maximum atomic E-state index is 12.7. The van der Waals surface area contributed by atoms with Gasteiger partial charge in [-0.1, -0.05) is 18.2 Å². The molecule has 0 radical (unpaired) electrons. The van der Waals surface area contributed by atoms with Gasteiger partial charge in [0.25, 0.3) is 21.6 Å². The molecule has 0 spiro atoms. The second-order valence-electron chi connectivity index (χ2n) is 6.92. The van der Waals surface area contributed by atoms with Gasteiger partial charge in [0.1, 0.15) is 0 Å². The first kappa shape index (κ1) is 22.2. The average molecular weight is 447 g/mol. The standard InChI is InChI=1S/C20H21N3O7S/c24-19(22-11-4-1-5-12-22)14-30-20(25)17-9-2-3-10-18(17)21-31(28,29)16-8-6-7-15(13-16)23(26)27/h2-3,6-10,13,21H,1,4-5,11-12,14H2. The van der Waals surface area contributed by atoms with E-state index in [4.69, 9.17) is 4.74 Å². The molecule has 0 aromatic heterocycles. The number of sulfonamides is 1. The number of carbonyl (C=O) groups is 2. The number of piperidine rings is 1. The van der Waals surface area contributed by atoms with Gasteiger partial charge in [-0.25, -0.2) is 13.2 Å². The van der Waals surface area contributed by atoms with E-state index in [0.717, 1.165) is 25.3 Å². The molecule has 3 rings (SSSR count). The van der Waals surface area contributed by atoms with E-state index in [2.05, 4.69) is 4.72 Å². The van der Waals surface area contributed by atoms with E-state index in [1.807, 2.05) is 0 Å². The second kappa shape index (κ2) is 9.56. The third-order valence-corrected chi connectivity index (χ3v) is 6.13. The van der Waals surface area contributed by atoms with Gasteiger partial charge < -0.3 is 9.64 Å². The summed E-state index contributed by atoms with van der Waals surface area (Å²) in [7, 11) is -4.21. The number of esters is 1. The number of non-ortho nitro benzene ring substituents is 1. The van der Waals surface area contributed by atoms with Gasteiger partial charge in [0.2, 0.25) is 0 Å². The monoisotopic (exact) mass is 447 g/mol. The molecule has 0 bridgehead atoms. The summed E-state index contributed by atoms with van der Waals surface area (Å²) >= 11 is 0. The Kier molecular flexibility index (Phi) is 6.85. The van der Waals surface area contributed by atoms with Crippen molar-refractivity contribution in [2.75, 3.05) is 24.4 Å². The van der Waals surface area contributed by atoms with Gasteiger partial charge in [0.15, 0.2) is 6.61 Å². The van der Waals surface area contributed by atoms with Gasteiger partial charge >= 0.3 is 5.97 Å². The molecule has 0 unspecified atom stereocenters. The third kappa shape index (κ3) is 5.57. The molecule has 1 fully saturated rings. The molecule has 1 aliphatic heterocycles. The summed E-state index contributed by atoms with van der Waals surface area (Å²) in [5, 5.41) is 10.9. The fourth-order valence-electron chi connectivity index (χ4n) is 3.16. The topological polar surface area (TPSA) is 136 Å². The molecular formula is C20H21N3O7S. The lowest BCUT2D eigenvalue weighted by Crippen LogP contribution is -2.38. The number of hydrogen-bond donors (Lipinski definition) is 1. The molecule has 0 saturated carbocycles. The lowest BCUT2D eigenvalue weighted by molar-refractivity contribution is -0.385. The Morgan fingerprint density at radius 3 is 2.48 bits per heavy atom. The Morgan fingerprint density at radius 2 is 1.77 bits per heavy atom. The molecule has 31 heavy (non-hydrogen) atoms. The van der Waals surface area contributed by atoms with Gasteiger partial charge in [-0.15, -0.1) is 0 Å². The van der Waals surface area contributed by atoms with Crippen LogP contribution in [0.3, 0.4) is 0 Å². The molecule has 11 heteroatoms. The summed E-state index contributed by atoms with van der Waals surface area (Å²) in [4.78, 5) is 36.2. The first-order valence-corrected chi connectivity index (χ1v) is 11.1. The smallest absolute Gasteiger partial charge is 0.340 e. The van der Waals surface area contributed by atoms with Crippen molar-refractivity contribution in [2.24, 2.45) is 0 Å². The van der Waals surface area contributed by atoms with E-state index < -0.39 is 27.5 Å². The number of benzene rings is 2. The largest absolute Gasteiger partial charge is 0.452 e. The Morgan fingerprint density at radius 1 is 1.06 bits per heavy atom. The zero-order valence-corrected chi connectivity index (χ0v) is 17.3. The van der Waals surface area contributed by atoms with Crippen molar-refractivity contribution >= 4 is 33.3 Å². The summed E-state index contributed by atoms with van der Waals surface area (Å²) in [6, 6.07) is 10.3. The van der Waals surface area contributed by atoms with Crippen LogP contribution in [0, 0.1) is 10.1 Å². The van der Waals surface area contributed by atoms with Gasteiger partial charge in [-0.05, 0) is 37.5 Å². The zero-order valence-electron chi connectivity index (χ0n) is 16.5. The fraction of sp³-hybridized carbons (Fsp3) is 0.300. The Labute approximate surface area is 179 Å². The number of carbonyl (C=O) groups excluding carboxylic acids is 2. The Balaban J connectivity index is 1.73. The average Bonchev–Trinajstić information content (AvgIpc) is 2.78. The van der Waals surface area contributed by atoms with Crippen LogP contribution in [-0.2, 0) is 19.6 Å². The van der Waals surface area contributed by atoms with E-state index in [1.165, 1.54) is 42.5 Å². The summed E-state index contributed by atoms with van der Waals surface area (Å²) in [6.07, 6.45) is 2.87. The highest BCUT2D eigenvalue weighted by Gasteiger charge is 2.23. The molecular weight excluding hydrogens is 426 g/mol. The fourth-order valence-corrected chi connectivity index (χ4v) is 4.28. The highest BCUT2D eigenvalue weighted by Crippen LogP contribution is 2.23. The molecule has 1 heterocycles. The van der Waals surface area contributed by atoms with E-state index in [1.54, 1.807) is 4.90 Å². The molecule has 164 valence electrons. The minimum atomic E-state index is -4.21. The number of para-hydroxylation sites is 1. The van der Waals surface area contributed by atoms with E-state index in [0.29, 0.717) is 13.1 Å². The summed E-state index contributed by atoms with van der Waals surface area (Å²) in [5.41, 5.74) is -0.529. The van der Waals surface area contributed by atoms with Gasteiger partial charge in [0, 0.05) is 25.2 Å². The third-order valence-electron chi connectivity index (χ3n) is 4.77. The van der Waals surface area contributed by atoms with Gasteiger partial charge in [-0.2, -0.15) is 0 Å². The quantitative estimate of drug-likeness (QED) is 0.391. The molecule has 0 atom stereocenters. The number of rotatable bonds is 7. The summed E-state index contributed by atoms with van der Waals surface area (Å²) < 4.78 is 32.7. The number of anilines is 1. The second-order valence-corrected chi connectivity index (χ2v) is 8.61. The van der Waals surface area contributed by atoms with Crippen LogP contribution in [0.1, 0.15) is 29.6 Å². The minimum absolute atomic E-state index is 0.0653. The number of nitro benzene ring substituents is 1. The molecule has 2 aromatic rings. The predicted molar refractivity (Wildman–Crippen MR) is 111 cm³/mol. The van der Waals surface area contributed by atoms with E-state index >= 15 is 0 Å². The first-order chi connectivity index (χ1) is 14.8. The summed E-state index contributed by atoms with van der Waals surface area (Å²) in [5.74, 6) is -1.16. The lowest BCUT2D eigenvalue weighted by Gasteiger charge is -2.26. The highest BCUT2D eigenvalue weighted by molar-refractivity contribution is 7.92. The molecule has 2 aromatic carbocycles. The summed E-state index contributed by atoms with van der Waals surface area (Å²) in [6.45, 7) is 0.802. The van der Waals surface area contributed by atoms with Gasteiger partial charge in [0.05, 0.1) is 21.1 Å². The highest BCUT2D eigenvalue weighted by atomic mass is 32.2. The van der Waals surface area contributed by atoms with E-state index in [-0.39, 0.29) is 27.7 Å². The number of amides is 1. The van der Waals surface area contributed by atoms with Crippen molar-refractivity contribution in [1.82, 2.24) is 4.90 Å². The number of likely N-dealkylation sites (tertiary alicyclic amines) is 1. The van der Waals surface area contributed by atoms with Crippen LogP contribution in [0.25, 0.3) is 0 Å². The Hall–Kier alpha value is -3.47. The van der Waals surface area contributed by atoms with Crippen LogP contribution in [0.2, 0.25) is 0 Å². The van der Waals surface area contributed by atoms with Crippen molar-refractivity contribution < 1.29 is 27.7 Å². The molecule has 1 aliphatic rings. The Bertz CT molecular complexity index is 1100. The molecule has 1 saturated heterocycles. The van der Waals surface area contributed by atoms with Crippen molar-refractivity contribution in [2.45, 2.75) is 24.2 Å². The molecule has 0 aliphatic carbocycles. The van der Waals surface area contributed by atoms with Crippen molar-refractivity contribution in [3.05, 3.63) is 64.2 Å². The van der Waals surface area contributed by atoms with Crippen molar-refractivity contribution in [3.63, 3.8) is 0 Å². The number of nitrogens with one attached hydrogen (secondary N) is 1. The minimum Gasteiger partial charge on any atom is -0.452 e. The SMILES string of the molecule is O=C(OCC(=O)N1CCCCC1)c1ccccc1NS(=O)(=O)c1cccc([N+](=O)[O-])c1. The van der Waals surface area contributed by atoms with Crippen LogP contribution in [0.5, 0.6) is 0 Å². The first-order valence-electron chi connectivity index (χ1n) is 9.59. The van der Waals surface area contributed by atoms with Crippen LogP contribution in [0.15, 0.2) is 53.4 Å². The van der Waals surface area contributed by atoms with Crippen LogP contribution < -0.4 is 4.72 Å². The molecule has 1 N–H and O–H groups in total. The number of nitro groups is 1. The normalized spacial score (nSPS) is 14.0. The van der Waals surface area contributed by atoms with Crippen molar-refractivity contribution in [1.29, 1.82) is 0 Å². The van der Waals surface area contributed by atoms with Crippen molar-refractivity contribution in [3.8, 4) is 0 Å². The molecule has 10 nitrogen and oxygen atoms in total. The van der Waals surface area contributed by atoms with E-state index in [9.17, 15) is 28.1 Å². The maximum Gasteiger partial charge on any atom is 0.340 e. The number of ether oxygens (including phenoxy) is 1. The van der Waals surface area contributed by atoms with Gasteiger partial charge in [-0.3, -0.25) is 19.6 Å².